The first-order valence-corrected chi connectivity index (χ1v) is 7.19. The van der Waals surface area contributed by atoms with E-state index in [9.17, 15) is 9.18 Å². The molecule has 1 saturated carbocycles. The molecule has 0 aliphatic heterocycles. The standard InChI is InChI=1S/C17H17FN2O/c18-13-6-8-15(9-7-13)20-17(21)16(19-14-10-11-14)12-4-2-1-3-5-12/h1-9,14,16,19H,10-11H2,(H,20,21)/p+1/t16-/m1/s1. The fourth-order valence-corrected chi connectivity index (χ4v) is 2.32. The van der Waals surface area contributed by atoms with Crippen LogP contribution in [0, 0.1) is 5.82 Å². The number of carbonyl (C=O) groups is 1. The Bertz CT molecular complexity index is 608. The average Bonchev–Trinajstić information content (AvgIpc) is 3.32. The zero-order valence-electron chi connectivity index (χ0n) is 11.6. The Hall–Kier alpha value is -2.20. The summed E-state index contributed by atoms with van der Waals surface area (Å²) in [6, 6.07) is 15.9. The number of anilines is 1. The fourth-order valence-electron chi connectivity index (χ4n) is 2.32. The van der Waals surface area contributed by atoms with Crippen LogP contribution < -0.4 is 10.6 Å². The SMILES string of the molecule is O=C(Nc1ccc(F)cc1)[C@H]([NH2+]C1CC1)c1ccccc1. The first-order chi connectivity index (χ1) is 10.2. The Morgan fingerprint density at radius 1 is 1.10 bits per heavy atom. The van der Waals surface area contributed by atoms with Crippen LogP contribution in [0.15, 0.2) is 54.6 Å². The second kappa shape index (κ2) is 6.06. The van der Waals surface area contributed by atoms with E-state index < -0.39 is 0 Å². The van der Waals surface area contributed by atoms with Crippen LogP contribution in [0.2, 0.25) is 0 Å². The van der Waals surface area contributed by atoms with Crippen LogP contribution in [0.4, 0.5) is 10.1 Å². The number of amides is 1. The number of hydrogen-bond donors (Lipinski definition) is 2. The summed E-state index contributed by atoms with van der Waals surface area (Å²) in [5, 5.41) is 4.98. The molecule has 0 unspecified atom stereocenters. The molecule has 2 aromatic carbocycles. The molecule has 3 N–H and O–H groups in total. The Morgan fingerprint density at radius 2 is 1.76 bits per heavy atom. The number of nitrogens with one attached hydrogen (secondary N) is 1. The van der Waals surface area contributed by atoms with E-state index in [1.165, 1.54) is 12.1 Å². The molecule has 0 aromatic heterocycles. The molecular weight excluding hydrogens is 267 g/mol. The third kappa shape index (κ3) is 3.67. The first kappa shape index (κ1) is 13.8. The third-order valence-corrected chi connectivity index (χ3v) is 3.64. The van der Waals surface area contributed by atoms with Crippen molar-refractivity contribution in [3.63, 3.8) is 0 Å². The fraction of sp³-hybridized carbons (Fsp3) is 0.235. The molecule has 3 nitrogen and oxygen atoms in total. The maximum absolute atomic E-state index is 12.9. The highest BCUT2D eigenvalue weighted by atomic mass is 19.1. The molecule has 108 valence electrons. The highest BCUT2D eigenvalue weighted by molar-refractivity contribution is 5.94. The normalized spacial score (nSPS) is 15.5. The van der Waals surface area contributed by atoms with Crippen LogP contribution >= 0.6 is 0 Å². The largest absolute Gasteiger partial charge is 0.330 e. The lowest BCUT2D eigenvalue weighted by Crippen LogP contribution is -2.88. The van der Waals surface area contributed by atoms with Gasteiger partial charge in [0.1, 0.15) is 5.82 Å². The average molecular weight is 285 g/mol. The molecule has 3 rings (SSSR count). The highest BCUT2D eigenvalue weighted by Gasteiger charge is 2.33. The summed E-state index contributed by atoms with van der Waals surface area (Å²) in [4.78, 5) is 12.5. The minimum absolute atomic E-state index is 0.0697. The van der Waals surface area contributed by atoms with Crippen molar-refractivity contribution in [1.29, 1.82) is 0 Å². The van der Waals surface area contributed by atoms with Gasteiger partial charge in [-0.2, -0.15) is 0 Å². The molecule has 21 heavy (non-hydrogen) atoms. The molecule has 1 fully saturated rings. The Morgan fingerprint density at radius 3 is 2.38 bits per heavy atom. The van der Waals surface area contributed by atoms with Gasteiger partial charge in [0.05, 0.1) is 6.04 Å². The van der Waals surface area contributed by atoms with Crippen molar-refractivity contribution in [3.05, 3.63) is 66.0 Å². The number of benzene rings is 2. The number of carbonyl (C=O) groups excluding carboxylic acids is 1. The summed E-state index contributed by atoms with van der Waals surface area (Å²) in [5.41, 5.74) is 1.61. The molecule has 1 aliphatic carbocycles. The van der Waals surface area contributed by atoms with Crippen molar-refractivity contribution in [2.45, 2.75) is 24.9 Å². The Kier molecular flexibility index (Phi) is 3.97. The van der Waals surface area contributed by atoms with Gasteiger partial charge >= 0.3 is 0 Å². The summed E-state index contributed by atoms with van der Waals surface area (Å²) in [6.45, 7) is 0. The predicted octanol–water partition coefficient (Wildman–Crippen LogP) is 2.23. The van der Waals surface area contributed by atoms with Crippen molar-refractivity contribution in [3.8, 4) is 0 Å². The maximum atomic E-state index is 12.9. The van der Waals surface area contributed by atoms with Gasteiger partial charge in [-0.05, 0) is 24.3 Å². The number of nitrogens with two attached hydrogens (primary N) is 1. The third-order valence-electron chi connectivity index (χ3n) is 3.64. The number of hydrogen-bond acceptors (Lipinski definition) is 1. The monoisotopic (exact) mass is 285 g/mol. The molecular formula is C17H18FN2O+. The zero-order valence-corrected chi connectivity index (χ0v) is 11.6. The van der Waals surface area contributed by atoms with Crippen LogP contribution in [0.5, 0.6) is 0 Å². The van der Waals surface area contributed by atoms with E-state index in [0.717, 1.165) is 18.4 Å². The van der Waals surface area contributed by atoms with Crippen molar-refractivity contribution in [1.82, 2.24) is 0 Å². The number of rotatable bonds is 5. The topological polar surface area (TPSA) is 45.7 Å². The lowest BCUT2D eigenvalue weighted by Gasteiger charge is -2.15. The van der Waals surface area contributed by atoms with Gasteiger partial charge in [-0.3, -0.25) is 4.79 Å². The van der Waals surface area contributed by atoms with Gasteiger partial charge in [0, 0.05) is 24.1 Å². The van der Waals surface area contributed by atoms with Crippen LogP contribution in [-0.2, 0) is 4.79 Å². The number of quaternary nitrogens is 1. The zero-order chi connectivity index (χ0) is 14.7. The predicted molar refractivity (Wildman–Crippen MR) is 79.2 cm³/mol. The first-order valence-electron chi connectivity index (χ1n) is 7.19. The lowest BCUT2D eigenvalue weighted by atomic mass is 10.1. The molecule has 1 aliphatic rings. The van der Waals surface area contributed by atoms with Crippen molar-refractivity contribution in [2.75, 3.05) is 5.32 Å². The van der Waals surface area contributed by atoms with Gasteiger partial charge in [0.25, 0.3) is 5.91 Å². The van der Waals surface area contributed by atoms with Gasteiger partial charge in [0.15, 0.2) is 6.04 Å². The van der Waals surface area contributed by atoms with Gasteiger partial charge in [-0.1, -0.05) is 30.3 Å². The van der Waals surface area contributed by atoms with Crippen molar-refractivity contribution in [2.24, 2.45) is 0 Å². The van der Waals surface area contributed by atoms with Gasteiger partial charge < -0.3 is 10.6 Å². The van der Waals surface area contributed by atoms with Gasteiger partial charge in [0.2, 0.25) is 0 Å². The van der Waals surface area contributed by atoms with E-state index in [1.807, 2.05) is 30.3 Å². The van der Waals surface area contributed by atoms with Gasteiger partial charge in [-0.25, -0.2) is 4.39 Å². The number of halogens is 1. The molecule has 4 heteroatoms. The molecule has 0 saturated heterocycles. The lowest BCUT2D eigenvalue weighted by molar-refractivity contribution is -0.695. The highest BCUT2D eigenvalue weighted by Crippen LogP contribution is 2.19. The van der Waals surface area contributed by atoms with Crippen LogP contribution in [0.1, 0.15) is 24.4 Å². The van der Waals surface area contributed by atoms with E-state index in [2.05, 4.69) is 10.6 Å². The second-order valence-electron chi connectivity index (χ2n) is 5.41. The van der Waals surface area contributed by atoms with E-state index in [-0.39, 0.29) is 17.8 Å². The summed E-state index contributed by atoms with van der Waals surface area (Å²) < 4.78 is 12.9. The summed E-state index contributed by atoms with van der Waals surface area (Å²) >= 11 is 0. The van der Waals surface area contributed by atoms with Crippen LogP contribution in [0.25, 0.3) is 0 Å². The summed E-state index contributed by atoms with van der Waals surface area (Å²) in [6.07, 6.45) is 2.32. The van der Waals surface area contributed by atoms with Crippen molar-refractivity contribution >= 4 is 11.6 Å². The molecule has 1 atom stereocenters. The molecule has 0 heterocycles. The minimum Gasteiger partial charge on any atom is -0.330 e. The van der Waals surface area contributed by atoms with Crippen LogP contribution in [-0.4, -0.2) is 11.9 Å². The second-order valence-corrected chi connectivity index (χ2v) is 5.41. The minimum atomic E-state index is -0.308. The summed E-state index contributed by atoms with van der Waals surface area (Å²) in [7, 11) is 0. The molecule has 2 aromatic rings. The summed E-state index contributed by atoms with van der Waals surface area (Å²) in [5.74, 6) is -0.378. The molecule has 0 spiro atoms. The molecule has 0 radical (unpaired) electrons. The van der Waals surface area contributed by atoms with E-state index in [1.54, 1.807) is 12.1 Å². The van der Waals surface area contributed by atoms with Gasteiger partial charge in [-0.15, -0.1) is 0 Å². The van der Waals surface area contributed by atoms with E-state index in [4.69, 9.17) is 0 Å². The molecule has 1 amide bonds. The maximum Gasteiger partial charge on any atom is 0.287 e. The molecule has 0 bridgehead atoms. The van der Waals surface area contributed by atoms with E-state index >= 15 is 0 Å². The van der Waals surface area contributed by atoms with E-state index in [0.29, 0.717) is 11.7 Å². The smallest absolute Gasteiger partial charge is 0.287 e. The quantitative estimate of drug-likeness (QED) is 0.869. The Balaban J connectivity index is 1.75. The van der Waals surface area contributed by atoms with Crippen molar-refractivity contribution < 1.29 is 14.5 Å². The Labute approximate surface area is 123 Å². The van der Waals surface area contributed by atoms with Crippen LogP contribution in [0.3, 0.4) is 0 Å².